The standard InChI is InChI=1S/C47H42N4OS/c1-26-18-34-33-20-27(2)41(25-40(33)51-42(34)37(19-26)47(6,7)36-14-11-17-49-44(36)51)52-30-22-28(38-15-8-9-16-48-38)21-29(23-30)45-50-39-24-32-31(43(39)53-45)12-10-13-35(32)46(3,4)5/h8-23,25,39,43H,24H2,1-7H3/t39-,43+/m1/s1. The first-order valence-corrected chi connectivity index (χ1v) is 19.5. The Balaban J connectivity index is 1.09. The summed E-state index contributed by atoms with van der Waals surface area (Å²) in [5.74, 6) is 2.58. The van der Waals surface area contributed by atoms with Gasteiger partial charge < -0.3 is 4.74 Å². The molecule has 0 N–H and O–H groups in total. The molecule has 2 atom stereocenters. The largest absolute Gasteiger partial charge is 0.457 e. The molecule has 5 nitrogen and oxygen atoms in total. The molecule has 6 heteroatoms. The molecule has 3 aromatic heterocycles. The van der Waals surface area contributed by atoms with Crippen molar-refractivity contribution in [3.63, 3.8) is 0 Å². The Hall–Kier alpha value is -5.20. The zero-order valence-electron chi connectivity index (χ0n) is 31.3. The van der Waals surface area contributed by atoms with Gasteiger partial charge in [-0.2, -0.15) is 0 Å². The molecule has 0 radical (unpaired) electrons. The second-order valence-corrected chi connectivity index (χ2v) is 17.7. The van der Waals surface area contributed by atoms with Crippen LogP contribution >= 0.6 is 11.8 Å². The fraction of sp³-hybridized carbons (Fsp3) is 0.255. The van der Waals surface area contributed by atoms with Gasteiger partial charge in [-0.15, -0.1) is 0 Å². The van der Waals surface area contributed by atoms with Crippen molar-refractivity contribution in [3.8, 4) is 28.6 Å². The summed E-state index contributed by atoms with van der Waals surface area (Å²) in [5, 5.41) is 3.86. The van der Waals surface area contributed by atoms with Crippen LogP contribution in [0.3, 0.4) is 0 Å². The molecule has 4 aromatic carbocycles. The molecule has 0 bridgehead atoms. The maximum absolute atomic E-state index is 6.95. The van der Waals surface area contributed by atoms with Gasteiger partial charge in [0.1, 0.15) is 17.3 Å². The van der Waals surface area contributed by atoms with Crippen LogP contribution < -0.4 is 4.74 Å². The molecule has 262 valence electrons. The number of nitrogens with zero attached hydrogens (tertiary/aromatic N) is 4. The van der Waals surface area contributed by atoms with Gasteiger partial charge in [-0.1, -0.05) is 88.3 Å². The van der Waals surface area contributed by atoms with Crippen molar-refractivity contribution in [2.75, 3.05) is 0 Å². The maximum Gasteiger partial charge on any atom is 0.141 e. The highest BCUT2D eigenvalue weighted by Crippen LogP contribution is 2.52. The van der Waals surface area contributed by atoms with Gasteiger partial charge in [0, 0.05) is 51.3 Å². The third-order valence-electron chi connectivity index (χ3n) is 11.6. The molecule has 2 aliphatic heterocycles. The van der Waals surface area contributed by atoms with Gasteiger partial charge >= 0.3 is 0 Å². The first kappa shape index (κ1) is 32.5. The Morgan fingerprint density at radius 2 is 1.64 bits per heavy atom. The van der Waals surface area contributed by atoms with Gasteiger partial charge in [-0.3, -0.25) is 14.5 Å². The van der Waals surface area contributed by atoms with Crippen molar-refractivity contribution in [1.82, 2.24) is 14.5 Å². The van der Waals surface area contributed by atoms with E-state index in [4.69, 9.17) is 19.7 Å². The van der Waals surface area contributed by atoms with E-state index in [0.717, 1.165) is 56.7 Å². The van der Waals surface area contributed by atoms with E-state index in [1.165, 1.54) is 49.7 Å². The molecule has 0 spiro atoms. The summed E-state index contributed by atoms with van der Waals surface area (Å²) in [6.07, 6.45) is 4.74. The molecule has 10 rings (SSSR count). The Kier molecular flexibility index (Phi) is 6.98. The fourth-order valence-corrected chi connectivity index (χ4v) is 10.4. The van der Waals surface area contributed by atoms with Crippen molar-refractivity contribution < 1.29 is 4.74 Å². The lowest BCUT2D eigenvalue weighted by Crippen LogP contribution is -2.27. The molecule has 0 amide bonds. The zero-order chi connectivity index (χ0) is 36.4. The molecule has 0 fully saturated rings. The van der Waals surface area contributed by atoms with Gasteiger partial charge in [0.2, 0.25) is 0 Å². The predicted octanol–water partition coefficient (Wildman–Crippen LogP) is 11.7. The Morgan fingerprint density at radius 3 is 2.45 bits per heavy atom. The monoisotopic (exact) mass is 710 g/mol. The highest BCUT2D eigenvalue weighted by molar-refractivity contribution is 8.15. The van der Waals surface area contributed by atoms with Gasteiger partial charge in [0.25, 0.3) is 0 Å². The van der Waals surface area contributed by atoms with Gasteiger partial charge in [-0.25, -0.2) is 4.98 Å². The summed E-state index contributed by atoms with van der Waals surface area (Å²) in [5.41, 5.74) is 14.5. The highest BCUT2D eigenvalue weighted by atomic mass is 32.2. The summed E-state index contributed by atoms with van der Waals surface area (Å²) in [4.78, 5) is 15.1. The van der Waals surface area contributed by atoms with Crippen LogP contribution in [0, 0.1) is 13.8 Å². The smallest absolute Gasteiger partial charge is 0.141 e. The van der Waals surface area contributed by atoms with Crippen LogP contribution in [0.1, 0.15) is 84.4 Å². The van der Waals surface area contributed by atoms with E-state index in [-0.39, 0.29) is 16.9 Å². The second kappa shape index (κ2) is 11.4. The number of aliphatic imine (C=N–C) groups is 1. The van der Waals surface area contributed by atoms with Crippen molar-refractivity contribution >= 4 is 38.6 Å². The third-order valence-corrected chi connectivity index (χ3v) is 13.0. The average molecular weight is 711 g/mol. The van der Waals surface area contributed by atoms with E-state index in [9.17, 15) is 0 Å². The minimum Gasteiger partial charge on any atom is -0.457 e. The lowest BCUT2D eigenvalue weighted by atomic mass is 9.75. The van der Waals surface area contributed by atoms with Crippen molar-refractivity contribution in [3.05, 3.63) is 148 Å². The lowest BCUT2D eigenvalue weighted by Gasteiger charge is -2.34. The number of hydrogen-bond acceptors (Lipinski definition) is 5. The molecule has 0 unspecified atom stereocenters. The first-order valence-electron chi connectivity index (χ1n) is 18.6. The quantitative estimate of drug-likeness (QED) is 0.182. The maximum atomic E-state index is 6.95. The minimum atomic E-state index is -0.175. The number of thioether (sulfide) groups is 1. The number of ether oxygens (including phenoxy) is 1. The van der Waals surface area contributed by atoms with Crippen LogP contribution in [0.25, 0.3) is 38.9 Å². The zero-order valence-corrected chi connectivity index (χ0v) is 32.1. The molecular weight excluding hydrogens is 669 g/mol. The van der Waals surface area contributed by atoms with Crippen LogP contribution in [0.15, 0.2) is 108 Å². The number of rotatable bonds is 4. The van der Waals surface area contributed by atoms with Gasteiger partial charge in [0.15, 0.2) is 0 Å². The first-order chi connectivity index (χ1) is 25.5. The summed E-state index contributed by atoms with van der Waals surface area (Å²) >= 11 is 1.89. The fourth-order valence-electron chi connectivity index (χ4n) is 9.05. The molecular formula is C47H42N4OS. The second-order valence-electron chi connectivity index (χ2n) is 16.6. The average Bonchev–Trinajstić information content (AvgIpc) is 3.80. The summed E-state index contributed by atoms with van der Waals surface area (Å²) < 4.78 is 9.31. The van der Waals surface area contributed by atoms with Crippen molar-refractivity contribution in [2.45, 2.75) is 77.0 Å². The Bertz CT molecular complexity index is 2700. The van der Waals surface area contributed by atoms with E-state index in [0.29, 0.717) is 5.25 Å². The van der Waals surface area contributed by atoms with Crippen LogP contribution in [0.5, 0.6) is 11.5 Å². The number of aromatic nitrogens is 3. The molecule has 0 saturated carbocycles. The summed E-state index contributed by atoms with van der Waals surface area (Å²) in [7, 11) is 0. The van der Waals surface area contributed by atoms with Crippen LogP contribution in [-0.4, -0.2) is 25.6 Å². The Morgan fingerprint density at radius 1 is 0.811 bits per heavy atom. The number of aryl methyl sites for hydroxylation is 2. The number of hydrogen-bond donors (Lipinski definition) is 0. The third kappa shape index (κ3) is 4.95. The van der Waals surface area contributed by atoms with Crippen LogP contribution in [-0.2, 0) is 17.3 Å². The summed E-state index contributed by atoms with van der Waals surface area (Å²) in [6, 6.07) is 33.1. The van der Waals surface area contributed by atoms with E-state index < -0.39 is 0 Å². The molecule has 53 heavy (non-hydrogen) atoms. The Labute approximate surface area is 315 Å². The SMILES string of the molecule is Cc1cc2c3c(c1)c1cc(C)c(Oc4cc(C5=N[C@@H]6Cc7c(cccc7C(C)(C)C)[C@@H]6S5)cc(-c5ccccn5)c4)cc1n3-c1ncccc1C2(C)C. The van der Waals surface area contributed by atoms with Crippen LogP contribution in [0.4, 0.5) is 0 Å². The normalized spacial score (nSPS) is 18.2. The molecule has 1 aliphatic carbocycles. The minimum absolute atomic E-state index is 0.106. The number of benzene rings is 4. The lowest BCUT2D eigenvalue weighted by molar-refractivity contribution is 0.479. The highest BCUT2D eigenvalue weighted by Gasteiger charge is 2.41. The van der Waals surface area contributed by atoms with Crippen molar-refractivity contribution in [2.24, 2.45) is 4.99 Å². The van der Waals surface area contributed by atoms with Gasteiger partial charge in [-0.05, 0) is 102 Å². The van der Waals surface area contributed by atoms with E-state index in [1.54, 1.807) is 0 Å². The number of pyridine rings is 2. The topological polar surface area (TPSA) is 52.3 Å². The van der Waals surface area contributed by atoms with Crippen LogP contribution in [0.2, 0.25) is 0 Å². The number of fused-ring (bicyclic) bond motifs is 8. The molecule has 0 saturated heterocycles. The predicted molar refractivity (Wildman–Crippen MR) is 219 cm³/mol. The molecule has 5 heterocycles. The van der Waals surface area contributed by atoms with Gasteiger partial charge in [0.05, 0.1) is 33.1 Å². The van der Waals surface area contributed by atoms with E-state index in [1.807, 2.05) is 36.3 Å². The molecule has 3 aliphatic rings. The van der Waals surface area contributed by atoms with Crippen molar-refractivity contribution in [1.29, 1.82) is 0 Å². The van der Waals surface area contributed by atoms with E-state index >= 15 is 0 Å². The summed E-state index contributed by atoms with van der Waals surface area (Å²) in [6.45, 7) is 15.9. The van der Waals surface area contributed by atoms with E-state index in [2.05, 4.69) is 132 Å². The molecule has 7 aromatic rings.